The maximum Gasteiger partial charge on any atom is 0.331 e. The van der Waals surface area contributed by atoms with Gasteiger partial charge in [0.1, 0.15) is 11.6 Å². The number of hydrogen-bond donors (Lipinski definition) is 1. The van der Waals surface area contributed by atoms with E-state index in [1.807, 2.05) is 31.2 Å². The van der Waals surface area contributed by atoms with E-state index in [2.05, 4.69) is 50.4 Å². The van der Waals surface area contributed by atoms with Crippen molar-refractivity contribution in [2.75, 3.05) is 0 Å². The van der Waals surface area contributed by atoms with Crippen molar-refractivity contribution < 1.29 is 14.3 Å². The van der Waals surface area contributed by atoms with Crippen LogP contribution in [0.25, 0.3) is 0 Å². The standard InChI is InChI=1S/C28H37NO3/c1-6-28(5,29-25(30)21-13-9-7-10-14-21)26(31)32-24-19-20(2)17-18-23(24)27(3,4)22-15-11-8-12-16-22/h7-16,20,23-24H,6,17-19H2,1-5H3,(H,29,30)/t20-,23-,24-,28+/m1/s1. The van der Waals surface area contributed by atoms with Crippen molar-refractivity contribution in [3.8, 4) is 0 Å². The second kappa shape index (κ2) is 9.89. The number of hydrogen-bond acceptors (Lipinski definition) is 3. The Morgan fingerprint density at radius 2 is 1.56 bits per heavy atom. The van der Waals surface area contributed by atoms with Crippen LogP contribution in [0.15, 0.2) is 60.7 Å². The highest BCUT2D eigenvalue weighted by Gasteiger charge is 2.44. The highest BCUT2D eigenvalue weighted by Crippen LogP contribution is 2.44. The third-order valence-electron chi connectivity index (χ3n) is 7.34. The highest BCUT2D eigenvalue weighted by molar-refractivity contribution is 5.98. The molecule has 0 unspecified atom stereocenters. The Kier molecular flexibility index (Phi) is 7.43. The number of ether oxygens (including phenoxy) is 1. The van der Waals surface area contributed by atoms with Crippen LogP contribution in [0.1, 0.15) is 76.2 Å². The Morgan fingerprint density at radius 1 is 0.969 bits per heavy atom. The molecule has 0 aliphatic heterocycles. The van der Waals surface area contributed by atoms with Gasteiger partial charge in [0.2, 0.25) is 0 Å². The van der Waals surface area contributed by atoms with Crippen molar-refractivity contribution in [3.05, 3.63) is 71.8 Å². The Hall–Kier alpha value is -2.62. The van der Waals surface area contributed by atoms with Gasteiger partial charge in [0.15, 0.2) is 0 Å². The summed E-state index contributed by atoms with van der Waals surface area (Å²) in [7, 11) is 0. The molecule has 1 aliphatic rings. The minimum absolute atomic E-state index is 0.123. The summed E-state index contributed by atoms with van der Waals surface area (Å²) in [5, 5.41) is 2.93. The van der Waals surface area contributed by atoms with Gasteiger partial charge in [-0.25, -0.2) is 4.79 Å². The molecule has 4 heteroatoms. The van der Waals surface area contributed by atoms with E-state index in [4.69, 9.17) is 4.74 Å². The van der Waals surface area contributed by atoms with Gasteiger partial charge < -0.3 is 10.1 Å². The quantitative estimate of drug-likeness (QED) is 0.550. The fourth-order valence-electron chi connectivity index (χ4n) is 4.83. The second-order valence-electron chi connectivity index (χ2n) is 10.1. The first-order valence-electron chi connectivity index (χ1n) is 11.8. The average Bonchev–Trinajstić information content (AvgIpc) is 2.80. The molecule has 2 aromatic carbocycles. The summed E-state index contributed by atoms with van der Waals surface area (Å²) < 4.78 is 6.22. The molecule has 4 atom stereocenters. The van der Waals surface area contributed by atoms with Crippen LogP contribution in [-0.2, 0) is 14.9 Å². The lowest BCUT2D eigenvalue weighted by molar-refractivity contribution is -0.164. The fraction of sp³-hybridized carbons (Fsp3) is 0.500. The SMILES string of the molecule is CC[C@](C)(NC(=O)c1ccccc1)C(=O)O[C@@H]1C[C@H](C)CC[C@H]1C(C)(C)c1ccccc1. The first kappa shape index (κ1) is 24.0. The molecule has 1 aliphatic carbocycles. The van der Waals surface area contributed by atoms with Gasteiger partial charge in [0.05, 0.1) is 0 Å². The summed E-state index contributed by atoms with van der Waals surface area (Å²) in [6, 6.07) is 19.5. The zero-order valence-electron chi connectivity index (χ0n) is 20.1. The predicted octanol–water partition coefficient (Wildman–Crippen LogP) is 5.91. The highest BCUT2D eigenvalue weighted by atomic mass is 16.5. The van der Waals surface area contributed by atoms with Crippen LogP contribution < -0.4 is 5.32 Å². The predicted molar refractivity (Wildman–Crippen MR) is 128 cm³/mol. The van der Waals surface area contributed by atoms with Crippen molar-refractivity contribution in [1.29, 1.82) is 0 Å². The van der Waals surface area contributed by atoms with Gasteiger partial charge in [-0.05, 0) is 55.2 Å². The molecule has 0 heterocycles. The number of carbonyl (C=O) groups is 2. The van der Waals surface area contributed by atoms with Gasteiger partial charge in [0.25, 0.3) is 5.91 Å². The Balaban J connectivity index is 1.79. The molecule has 1 fully saturated rings. The third kappa shape index (κ3) is 5.23. The summed E-state index contributed by atoms with van der Waals surface area (Å²) in [5.41, 5.74) is 0.600. The van der Waals surface area contributed by atoms with E-state index in [9.17, 15) is 9.59 Å². The molecule has 4 nitrogen and oxygen atoms in total. The van der Waals surface area contributed by atoms with E-state index in [0.29, 0.717) is 17.9 Å². The van der Waals surface area contributed by atoms with Crippen LogP contribution in [0, 0.1) is 11.8 Å². The van der Waals surface area contributed by atoms with Crippen LogP contribution in [0.4, 0.5) is 0 Å². The van der Waals surface area contributed by atoms with E-state index >= 15 is 0 Å². The maximum atomic E-state index is 13.4. The minimum Gasteiger partial charge on any atom is -0.460 e. The number of amides is 1. The molecule has 1 saturated carbocycles. The molecule has 0 spiro atoms. The number of nitrogens with one attached hydrogen (secondary N) is 1. The second-order valence-corrected chi connectivity index (χ2v) is 10.1. The van der Waals surface area contributed by atoms with Gasteiger partial charge in [-0.2, -0.15) is 0 Å². The largest absolute Gasteiger partial charge is 0.460 e. The minimum atomic E-state index is -1.07. The molecule has 0 saturated heterocycles. The van der Waals surface area contributed by atoms with Gasteiger partial charge in [0, 0.05) is 11.5 Å². The normalized spacial score (nSPS) is 23.1. The zero-order chi connectivity index (χ0) is 23.4. The molecule has 172 valence electrons. The maximum absolute atomic E-state index is 13.4. The molecule has 1 N–H and O–H groups in total. The summed E-state index contributed by atoms with van der Waals surface area (Å²) in [6.07, 6.45) is 3.27. The van der Waals surface area contributed by atoms with Crippen molar-refractivity contribution in [3.63, 3.8) is 0 Å². The van der Waals surface area contributed by atoms with Crippen molar-refractivity contribution in [1.82, 2.24) is 5.32 Å². The summed E-state index contributed by atoms with van der Waals surface area (Å²) in [5.74, 6) is 0.112. The summed E-state index contributed by atoms with van der Waals surface area (Å²) >= 11 is 0. The Morgan fingerprint density at radius 3 is 2.16 bits per heavy atom. The van der Waals surface area contributed by atoms with E-state index in [1.54, 1.807) is 19.1 Å². The summed E-state index contributed by atoms with van der Waals surface area (Å²) in [6.45, 7) is 10.4. The van der Waals surface area contributed by atoms with Gasteiger partial charge in [-0.1, -0.05) is 82.6 Å². The average molecular weight is 436 g/mol. The van der Waals surface area contributed by atoms with Gasteiger partial charge >= 0.3 is 5.97 Å². The van der Waals surface area contributed by atoms with Crippen molar-refractivity contribution in [2.45, 2.75) is 77.4 Å². The van der Waals surface area contributed by atoms with Crippen molar-refractivity contribution in [2.24, 2.45) is 11.8 Å². The van der Waals surface area contributed by atoms with Gasteiger partial charge in [-0.15, -0.1) is 0 Å². The van der Waals surface area contributed by atoms with Crippen molar-refractivity contribution >= 4 is 11.9 Å². The van der Waals surface area contributed by atoms with E-state index in [-0.39, 0.29) is 29.3 Å². The molecular formula is C28H37NO3. The fourth-order valence-corrected chi connectivity index (χ4v) is 4.83. The van der Waals surface area contributed by atoms with Crippen LogP contribution in [0.2, 0.25) is 0 Å². The number of carbonyl (C=O) groups excluding carboxylic acids is 2. The van der Waals surface area contributed by atoms with Crippen LogP contribution in [0.3, 0.4) is 0 Å². The first-order chi connectivity index (χ1) is 15.2. The Labute approximate surface area is 192 Å². The molecule has 0 aromatic heterocycles. The number of rotatable bonds is 7. The lowest BCUT2D eigenvalue weighted by atomic mass is 9.64. The molecule has 3 rings (SSSR count). The topological polar surface area (TPSA) is 55.4 Å². The smallest absolute Gasteiger partial charge is 0.331 e. The van der Waals surface area contributed by atoms with Crippen LogP contribution >= 0.6 is 0 Å². The van der Waals surface area contributed by atoms with E-state index in [1.165, 1.54) is 5.56 Å². The summed E-state index contributed by atoms with van der Waals surface area (Å²) in [4.78, 5) is 26.2. The first-order valence-corrected chi connectivity index (χ1v) is 11.8. The van der Waals surface area contributed by atoms with Crippen LogP contribution in [-0.4, -0.2) is 23.5 Å². The molecule has 1 amide bonds. The lowest BCUT2D eigenvalue weighted by Crippen LogP contribution is -2.55. The zero-order valence-corrected chi connectivity index (χ0v) is 20.1. The number of benzene rings is 2. The molecule has 32 heavy (non-hydrogen) atoms. The Bertz CT molecular complexity index is 909. The van der Waals surface area contributed by atoms with Gasteiger partial charge in [-0.3, -0.25) is 4.79 Å². The molecule has 0 radical (unpaired) electrons. The number of esters is 1. The molecular weight excluding hydrogens is 398 g/mol. The lowest BCUT2D eigenvalue weighted by Gasteiger charge is -2.44. The van der Waals surface area contributed by atoms with E-state index in [0.717, 1.165) is 19.3 Å². The van der Waals surface area contributed by atoms with E-state index < -0.39 is 5.54 Å². The molecule has 0 bridgehead atoms. The third-order valence-corrected chi connectivity index (χ3v) is 7.34. The van der Waals surface area contributed by atoms with Crippen LogP contribution in [0.5, 0.6) is 0 Å². The molecule has 2 aromatic rings. The monoisotopic (exact) mass is 435 g/mol.